The number of nitrogens with two attached hydrogens (primary N) is 1. The molecule has 41 heavy (non-hydrogen) atoms. The van der Waals surface area contributed by atoms with E-state index in [1.54, 1.807) is 12.1 Å². The molecular weight excluding hydrogens is 519 g/mol. The average molecular weight is 555 g/mol. The minimum atomic E-state index is -0.526. The zero-order valence-corrected chi connectivity index (χ0v) is 23.2. The topological polar surface area (TPSA) is 104 Å². The molecule has 7 rings (SSSR count). The number of hydrogen-bond donors (Lipinski definition) is 3. The van der Waals surface area contributed by atoms with Gasteiger partial charge >= 0.3 is 6.03 Å². The third-order valence-corrected chi connectivity index (χ3v) is 8.52. The molecule has 2 aromatic heterocycles. The molecule has 2 aromatic carbocycles. The van der Waals surface area contributed by atoms with Crippen molar-refractivity contribution >= 4 is 34.3 Å². The fourth-order valence-corrected chi connectivity index (χ4v) is 5.86. The van der Waals surface area contributed by atoms with Gasteiger partial charge in [-0.3, -0.25) is 4.90 Å². The number of urea groups is 1. The lowest BCUT2D eigenvalue weighted by molar-refractivity contribution is 0.148. The van der Waals surface area contributed by atoms with Crippen molar-refractivity contribution in [2.24, 2.45) is 0 Å². The lowest BCUT2D eigenvalue weighted by Gasteiger charge is -2.32. The number of likely N-dealkylation sites (N-methyl/N-ethyl adjacent to an activating group) is 1. The summed E-state index contributed by atoms with van der Waals surface area (Å²) in [6.45, 7) is 5.24. The van der Waals surface area contributed by atoms with Crippen LogP contribution in [0.4, 0.5) is 26.4 Å². The van der Waals surface area contributed by atoms with Gasteiger partial charge in [-0.15, -0.1) is 0 Å². The molecule has 3 heterocycles. The van der Waals surface area contributed by atoms with E-state index in [0.29, 0.717) is 29.0 Å². The van der Waals surface area contributed by atoms with Crippen LogP contribution in [0.1, 0.15) is 48.8 Å². The van der Waals surface area contributed by atoms with Crippen LogP contribution >= 0.6 is 0 Å². The van der Waals surface area contributed by atoms with Crippen LogP contribution in [-0.2, 0) is 6.54 Å². The second-order valence-electron chi connectivity index (χ2n) is 11.7. The average Bonchev–Trinajstić information content (AvgIpc) is 3.90. The number of nitrogens with one attached hydrogen (secondary N) is 2. The van der Waals surface area contributed by atoms with E-state index in [4.69, 9.17) is 5.73 Å². The van der Waals surface area contributed by atoms with Crippen LogP contribution in [0.25, 0.3) is 22.2 Å². The van der Waals surface area contributed by atoms with E-state index < -0.39 is 11.8 Å². The van der Waals surface area contributed by atoms with Gasteiger partial charge in [0, 0.05) is 56.2 Å². The van der Waals surface area contributed by atoms with Crippen LogP contribution in [0.5, 0.6) is 0 Å². The molecule has 2 aliphatic carbocycles. The van der Waals surface area contributed by atoms with Gasteiger partial charge in [0.2, 0.25) is 0 Å². The number of hydrogen-bond acceptors (Lipinski definition) is 6. The number of carbonyl (C=O) groups excluding carboxylic acids is 1. The fraction of sp³-hybridized carbons (Fsp3) is 0.387. The summed E-state index contributed by atoms with van der Waals surface area (Å²) >= 11 is 0. The zero-order chi connectivity index (χ0) is 28.1. The highest BCUT2D eigenvalue weighted by atomic mass is 19.1. The molecule has 0 atom stereocenters. The van der Waals surface area contributed by atoms with E-state index in [9.17, 15) is 4.79 Å². The van der Waals surface area contributed by atoms with Crippen LogP contribution in [0.3, 0.4) is 0 Å². The summed E-state index contributed by atoms with van der Waals surface area (Å²) < 4.78 is 17.4. The van der Waals surface area contributed by atoms with Crippen molar-refractivity contribution in [2.75, 3.05) is 49.6 Å². The normalized spacial score (nSPS) is 18.1. The summed E-state index contributed by atoms with van der Waals surface area (Å²) in [5.74, 6) is 0.394. The molecule has 3 aliphatic rings. The maximum Gasteiger partial charge on any atom is 0.323 e. The molecule has 1 saturated heterocycles. The Morgan fingerprint density at radius 2 is 1.83 bits per heavy atom. The second kappa shape index (κ2) is 10.4. The molecule has 0 unspecified atom stereocenters. The van der Waals surface area contributed by atoms with Crippen molar-refractivity contribution in [3.05, 3.63) is 65.9 Å². The summed E-state index contributed by atoms with van der Waals surface area (Å²) in [6.07, 6.45) is 7.97. The highest BCUT2D eigenvalue weighted by molar-refractivity contribution is 6.02. The highest BCUT2D eigenvalue weighted by Gasteiger charge is 2.29. The van der Waals surface area contributed by atoms with Crippen molar-refractivity contribution in [1.29, 1.82) is 0 Å². The molecular formula is C31H35FN8O. The first kappa shape index (κ1) is 25.9. The number of carbonyl (C=O) groups is 1. The monoisotopic (exact) mass is 554 g/mol. The van der Waals surface area contributed by atoms with Crippen LogP contribution in [-0.4, -0.2) is 63.6 Å². The number of halogens is 1. The molecule has 0 spiro atoms. The summed E-state index contributed by atoms with van der Waals surface area (Å²) in [5, 5.41) is 6.30. The van der Waals surface area contributed by atoms with Crippen LogP contribution in [0, 0.1) is 5.82 Å². The molecule has 2 saturated carbocycles. The van der Waals surface area contributed by atoms with E-state index in [1.165, 1.54) is 36.4 Å². The number of nitrogen functional groups attached to an aromatic ring is 1. The Labute approximate surface area is 238 Å². The van der Waals surface area contributed by atoms with E-state index >= 15 is 4.39 Å². The molecule has 0 radical (unpaired) electrons. The molecule has 3 fully saturated rings. The zero-order valence-electron chi connectivity index (χ0n) is 23.2. The van der Waals surface area contributed by atoms with Crippen molar-refractivity contribution in [2.45, 2.75) is 44.2 Å². The van der Waals surface area contributed by atoms with Crippen LogP contribution < -0.4 is 16.4 Å². The molecule has 9 nitrogen and oxygen atoms in total. The maximum atomic E-state index is 15.3. The SMILES string of the molecule is CN1CCN(Cc2ccc(NC(=O)Nc3ccc(-c4cn(C5CC5)c5ncnc(N)c45)cc3F)cc2C2CC2)CC1. The molecule has 212 valence electrons. The van der Waals surface area contributed by atoms with Gasteiger partial charge in [-0.1, -0.05) is 12.1 Å². The van der Waals surface area contributed by atoms with E-state index in [1.807, 2.05) is 12.3 Å². The third-order valence-electron chi connectivity index (χ3n) is 8.52. The minimum absolute atomic E-state index is 0.107. The van der Waals surface area contributed by atoms with Gasteiger partial charge in [0.25, 0.3) is 0 Å². The molecule has 2 amide bonds. The minimum Gasteiger partial charge on any atom is -0.383 e. The number of nitrogens with zero attached hydrogens (tertiary/aromatic N) is 5. The van der Waals surface area contributed by atoms with Gasteiger partial charge in [0.15, 0.2) is 0 Å². The second-order valence-corrected chi connectivity index (χ2v) is 11.7. The first-order valence-electron chi connectivity index (χ1n) is 14.5. The Morgan fingerprint density at radius 1 is 1.02 bits per heavy atom. The standard InChI is InChI=1S/C31H35FN8O/c1-38-10-12-39(13-11-38)16-21-4-6-22(15-24(21)19-2-3-19)36-31(41)37-27-9-5-20(14-26(27)32)25-17-40(23-7-8-23)30-28(25)29(33)34-18-35-30/h4-6,9,14-15,17-19,23H,2-3,7-8,10-13,16H2,1H3,(H2,33,34,35)(H2,36,37,41). The lowest BCUT2D eigenvalue weighted by Crippen LogP contribution is -2.44. The Bertz CT molecular complexity index is 1620. The molecule has 1 aliphatic heterocycles. The predicted octanol–water partition coefficient (Wildman–Crippen LogP) is 5.42. The van der Waals surface area contributed by atoms with Gasteiger partial charge in [-0.25, -0.2) is 19.2 Å². The Kier molecular flexibility index (Phi) is 6.59. The van der Waals surface area contributed by atoms with E-state index in [-0.39, 0.29) is 5.69 Å². The summed E-state index contributed by atoms with van der Waals surface area (Å²) in [6, 6.07) is 10.9. The Balaban J connectivity index is 1.06. The molecule has 0 bridgehead atoms. The first-order valence-corrected chi connectivity index (χ1v) is 14.5. The van der Waals surface area contributed by atoms with Gasteiger partial charge < -0.3 is 25.8 Å². The number of fused-ring (bicyclic) bond motifs is 1. The fourth-order valence-electron chi connectivity index (χ4n) is 5.86. The maximum absolute atomic E-state index is 15.3. The number of rotatable bonds is 7. The van der Waals surface area contributed by atoms with Crippen molar-refractivity contribution in [3.8, 4) is 11.1 Å². The number of benzene rings is 2. The number of aromatic nitrogens is 3. The van der Waals surface area contributed by atoms with E-state index in [0.717, 1.165) is 62.2 Å². The van der Waals surface area contributed by atoms with Gasteiger partial charge in [-0.05, 0) is 79.6 Å². The van der Waals surface area contributed by atoms with Crippen molar-refractivity contribution < 1.29 is 9.18 Å². The largest absolute Gasteiger partial charge is 0.383 e. The van der Waals surface area contributed by atoms with Crippen molar-refractivity contribution in [3.63, 3.8) is 0 Å². The smallest absolute Gasteiger partial charge is 0.323 e. The molecule has 4 aromatic rings. The Hall–Kier alpha value is -4.02. The quantitative estimate of drug-likeness (QED) is 0.282. The molecule has 10 heteroatoms. The molecule has 4 N–H and O–H groups in total. The summed E-state index contributed by atoms with van der Waals surface area (Å²) in [7, 11) is 2.17. The van der Waals surface area contributed by atoms with E-state index in [2.05, 4.69) is 54.1 Å². The highest BCUT2D eigenvalue weighted by Crippen LogP contribution is 2.44. The van der Waals surface area contributed by atoms with Crippen molar-refractivity contribution in [1.82, 2.24) is 24.3 Å². The van der Waals surface area contributed by atoms with Crippen LogP contribution in [0.2, 0.25) is 0 Å². The van der Waals surface area contributed by atoms with Gasteiger partial charge in [-0.2, -0.15) is 0 Å². The third kappa shape index (κ3) is 5.37. The summed E-state index contributed by atoms with van der Waals surface area (Å²) in [4.78, 5) is 26.3. The van der Waals surface area contributed by atoms with Crippen LogP contribution in [0.15, 0.2) is 48.9 Å². The number of amides is 2. The first-order chi connectivity index (χ1) is 19.9. The van der Waals surface area contributed by atoms with Gasteiger partial charge in [0.1, 0.15) is 23.6 Å². The van der Waals surface area contributed by atoms with Gasteiger partial charge in [0.05, 0.1) is 11.1 Å². The Morgan fingerprint density at radius 3 is 2.56 bits per heavy atom. The predicted molar refractivity (Wildman–Crippen MR) is 159 cm³/mol. The number of piperazine rings is 1. The lowest BCUT2D eigenvalue weighted by atomic mass is 10.0. The summed E-state index contributed by atoms with van der Waals surface area (Å²) in [5.41, 5.74) is 11.9. The number of anilines is 3.